The van der Waals surface area contributed by atoms with Gasteiger partial charge in [0.2, 0.25) is 0 Å². The van der Waals surface area contributed by atoms with Crippen molar-refractivity contribution in [3.63, 3.8) is 0 Å². The number of amides is 1. The van der Waals surface area contributed by atoms with Gasteiger partial charge in [-0.1, -0.05) is 32.1 Å². The molecule has 1 heterocycles. The smallest absolute Gasteiger partial charge is 0.349 e. The van der Waals surface area contributed by atoms with E-state index < -0.39 is 5.97 Å². The summed E-state index contributed by atoms with van der Waals surface area (Å²) in [4.78, 5) is 24.5. The summed E-state index contributed by atoms with van der Waals surface area (Å²) >= 11 is 0. The summed E-state index contributed by atoms with van der Waals surface area (Å²) in [6.45, 7) is 4.78. The molecule has 1 aliphatic rings. The number of nitrogens with zero attached hydrogens (tertiary/aromatic N) is 2. The molecule has 0 unspecified atom stereocenters. The molecule has 7 nitrogen and oxygen atoms in total. The quantitative estimate of drug-likeness (QED) is 0.399. The van der Waals surface area contributed by atoms with E-state index in [1.165, 1.54) is 25.3 Å². The minimum absolute atomic E-state index is 0.124. The molecule has 1 saturated carbocycles. The Balaban J connectivity index is 1.94. The van der Waals surface area contributed by atoms with E-state index in [-0.39, 0.29) is 24.1 Å². The van der Waals surface area contributed by atoms with Gasteiger partial charge in [0.1, 0.15) is 11.6 Å². The summed E-state index contributed by atoms with van der Waals surface area (Å²) in [5.41, 5.74) is 2.60. The van der Waals surface area contributed by atoms with Gasteiger partial charge in [0.05, 0.1) is 6.61 Å². The Bertz CT molecular complexity index is 796. The fourth-order valence-corrected chi connectivity index (χ4v) is 3.87. The minimum atomic E-state index is -0.785. The van der Waals surface area contributed by atoms with Crippen molar-refractivity contribution in [1.82, 2.24) is 9.88 Å². The Morgan fingerprint density at radius 2 is 1.90 bits per heavy atom. The van der Waals surface area contributed by atoms with Crippen LogP contribution in [0.15, 0.2) is 11.6 Å². The molecule has 1 fully saturated rings. The Morgan fingerprint density at radius 1 is 1.23 bits per heavy atom. The topological polar surface area (TPSA) is 93.3 Å². The van der Waals surface area contributed by atoms with Gasteiger partial charge in [-0.05, 0) is 44.4 Å². The van der Waals surface area contributed by atoms with Gasteiger partial charge >= 0.3 is 5.97 Å². The zero-order valence-corrected chi connectivity index (χ0v) is 18.3. The molecular formula is C23H33N3O4. The van der Waals surface area contributed by atoms with Gasteiger partial charge in [0.15, 0.2) is 6.61 Å². The SMILES string of the molecule is COCCn1c(C)cc(/C=C(\C#N)C(=O)OCC(=O)NC2CCCCCCC2)c1C. The highest BCUT2D eigenvalue weighted by atomic mass is 16.5. The molecule has 1 N–H and O–H groups in total. The van der Waals surface area contributed by atoms with Crippen molar-refractivity contribution in [1.29, 1.82) is 5.26 Å². The summed E-state index contributed by atoms with van der Waals surface area (Å²) in [6, 6.07) is 3.94. The molecule has 0 bridgehead atoms. The maximum absolute atomic E-state index is 12.3. The molecule has 0 saturated heterocycles. The lowest BCUT2D eigenvalue weighted by Crippen LogP contribution is -2.38. The molecule has 0 spiro atoms. The second-order valence-corrected chi connectivity index (χ2v) is 7.83. The molecule has 7 heteroatoms. The monoisotopic (exact) mass is 415 g/mol. The molecular weight excluding hydrogens is 382 g/mol. The number of rotatable bonds is 8. The number of methoxy groups -OCH3 is 1. The van der Waals surface area contributed by atoms with Crippen molar-refractivity contribution < 1.29 is 19.1 Å². The lowest BCUT2D eigenvalue weighted by Gasteiger charge is -2.20. The Hall–Kier alpha value is -2.59. The van der Waals surface area contributed by atoms with Gasteiger partial charge in [-0.25, -0.2) is 4.79 Å². The van der Waals surface area contributed by atoms with Crippen molar-refractivity contribution in [3.05, 3.63) is 28.6 Å². The van der Waals surface area contributed by atoms with Crippen LogP contribution in [0.3, 0.4) is 0 Å². The first-order valence-corrected chi connectivity index (χ1v) is 10.7. The molecule has 1 amide bonds. The zero-order chi connectivity index (χ0) is 21.9. The van der Waals surface area contributed by atoms with Gasteiger partial charge in [-0.15, -0.1) is 0 Å². The number of carbonyl (C=O) groups is 2. The molecule has 30 heavy (non-hydrogen) atoms. The van der Waals surface area contributed by atoms with Crippen molar-refractivity contribution in [3.8, 4) is 6.07 Å². The van der Waals surface area contributed by atoms with Crippen molar-refractivity contribution in [2.24, 2.45) is 0 Å². The normalized spacial score (nSPS) is 15.7. The van der Waals surface area contributed by atoms with Crippen LogP contribution in [-0.2, 0) is 25.6 Å². The van der Waals surface area contributed by atoms with Crippen LogP contribution < -0.4 is 5.32 Å². The van der Waals surface area contributed by atoms with E-state index in [0.29, 0.717) is 13.2 Å². The van der Waals surface area contributed by atoms with E-state index in [9.17, 15) is 14.9 Å². The molecule has 164 valence electrons. The highest BCUT2D eigenvalue weighted by Gasteiger charge is 2.18. The number of carbonyl (C=O) groups excluding carboxylic acids is 2. The predicted molar refractivity (Wildman–Crippen MR) is 115 cm³/mol. The highest BCUT2D eigenvalue weighted by molar-refractivity contribution is 5.99. The molecule has 1 aliphatic carbocycles. The van der Waals surface area contributed by atoms with Gasteiger partial charge in [0, 0.05) is 31.1 Å². The van der Waals surface area contributed by atoms with Crippen molar-refractivity contribution in [2.75, 3.05) is 20.3 Å². The second-order valence-electron chi connectivity index (χ2n) is 7.83. The number of aromatic nitrogens is 1. The third kappa shape index (κ3) is 7.03. The Morgan fingerprint density at radius 3 is 2.53 bits per heavy atom. The molecule has 0 aromatic carbocycles. The van der Waals surface area contributed by atoms with Crippen LogP contribution >= 0.6 is 0 Å². The fourth-order valence-electron chi connectivity index (χ4n) is 3.87. The van der Waals surface area contributed by atoms with Crippen LogP contribution in [0.1, 0.15) is 61.9 Å². The maximum Gasteiger partial charge on any atom is 0.349 e. The van der Waals surface area contributed by atoms with Gasteiger partial charge in [-0.3, -0.25) is 4.79 Å². The molecule has 1 aromatic rings. The van der Waals surface area contributed by atoms with E-state index in [1.807, 2.05) is 26.0 Å². The van der Waals surface area contributed by atoms with E-state index in [4.69, 9.17) is 9.47 Å². The molecule has 0 radical (unpaired) electrons. The molecule has 1 aromatic heterocycles. The second kappa shape index (κ2) is 12.2. The number of nitriles is 1. The van der Waals surface area contributed by atoms with Crippen molar-refractivity contribution >= 4 is 18.0 Å². The molecule has 0 atom stereocenters. The predicted octanol–water partition coefficient (Wildman–Crippen LogP) is 3.43. The first-order chi connectivity index (χ1) is 14.5. The first-order valence-electron chi connectivity index (χ1n) is 10.7. The summed E-state index contributed by atoms with van der Waals surface area (Å²) in [5.74, 6) is -1.10. The standard InChI is InChI=1S/C23H33N3O4/c1-17-13-19(18(2)26(17)11-12-29-3)14-20(15-24)23(28)30-16-22(27)25-21-9-7-5-4-6-8-10-21/h13-14,21H,4-12,16H2,1-3H3,(H,25,27)/b20-14+. The van der Waals surface area contributed by atoms with Crippen LogP contribution in [-0.4, -0.2) is 42.8 Å². The van der Waals surface area contributed by atoms with Crippen LogP contribution in [0, 0.1) is 25.2 Å². The summed E-state index contributed by atoms with van der Waals surface area (Å²) in [7, 11) is 1.64. The van der Waals surface area contributed by atoms with Gasteiger partial charge < -0.3 is 19.4 Å². The fraction of sp³-hybridized carbons (Fsp3) is 0.609. The van der Waals surface area contributed by atoms with Gasteiger partial charge in [0.25, 0.3) is 5.91 Å². The number of esters is 1. The third-order valence-electron chi connectivity index (χ3n) is 5.58. The van der Waals surface area contributed by atoms with E-state index >= 15 is 0 Å². The third-order valence-corrected chi connectivity index (χ3v) is 5.58. The summed E-state index contributed by atoms with van der Waals surface area (Å²) < 4.78 is 12.3. The number of aryl methyl sites for hydroxylation is 1. The number of hydrogen-bond acceptors (Lipinski definition) is 5. The Labute approximate surface area is 179 Å². The number of nitrogens with one attached hydrogen (secondary N) is 1. The highest BCUT2D eigenvalue weighted by Crippen LogP contribution is 2.19. The average molecular weight is 416 g/mol. The summed E-state index contributed by atoms with van der Waals surface area (Å²) in [6.07, 6.45) is 9.30. The maximum atomic E-state index is 12.3. The van der Waals surface area contributed by atoms with Gasteiger partial charge in [-0.2, -0.15) is 5.26 Å². The number of ether oxygens (including phenoxy) is 2. The lowest BCUT2D eigenvalue weighted by molar-refractivity contribution is -0.144. The lowest BCUT2D eigenvalue weighted by atomic mass is 9.97. The van der Waals surface area contributed by atoms with Crippen LogP contribution in [0.25, 0.3) is 6.08 Å². The van der Waals surface area contributed by atoms with E-state index in [2.05, 4.69) is 9.88 Å². The van der Waals surface area contributed by atoms with Crippen molar-refractivity contribution in [2.45, 2.75) is 71.4 Å². The number of hydrogen-bond donors (Lipinski definition) is 1. The van der Waals surface area contributed by atoms with E-state index in [0.717, 1.165) is 42.6 Å². The molecule has 0 aliphatic heterocycles. The van der Waals surface area contributed by atoms with Crippen LogP contribution in [0.5, 0.6) is 0 Å². The minimum Gasteiger partial charge on any atom is -0.451 e. The average Bonchev–Trinajstić information content (AvgIpc) is 2.97. The largest absolute Gasteiger partial charge is 0.451 e. The molecule has 2 rings (SSSR count). The first kappa shape index (κ1) is 23.7. The van der Waals surface area contributed by atoms with Crippen LogP contribution in [0.4, 0.5) is 0 Å². The van der Waals surface area contributed by atoms with E-state index in [1.54, 1.807) is 7.11 Å². The zero-order valence-electron chi connectivity index (χ0n) is 18.3. The summed E-state index contributed by atoms with van der Waals surface area (Å²) in [5, 5.41) is 12.4. The van der Waals surface area contributed by atoms with Crippen LogP contribution in [0.2, 0.25) is 0 Å². The Kier molecular flexibility index (Phi) is 9.62.